The Morgan fingerprint density at radius 2 is 1.54 bits per heavy atom. The number of para-hydroxylation sites is 1. The van der Waals surface area contributed by atoms with Gasteiger partial charge in [-0.2, -0.15) is 0 Å². The van der Waals surface area contributed by atoms with Crippen LogP contribution in [0, 0.1) is 0 Å². The molecule has 128 valence electrons. The number of anilines is 1. The number of amides is 1. The lowest BCUT2D eigenvalue weighted by Crippen LogP contribution is -2.33. The van der Waals surface area contributed by atoms with Crippen molar-refractivity contribution in [1.82, 2.24) is 0 Å². The molecule has 1 heterocycles. The van der Waals surface area contributed by atoms with Crippen LogP contribution in [0.2, 0.25) is 5.02 Å². The fourth-order valence-electron chi connectivity index (χ4n) is 2.97. The van der Waals surface area contributed by atoms with Crippen molar-refractivity contribution in [1.29, 1.82) is 0 Å². The van der Waals surface area contributed by atoms with Crippen molar-refractivity contribution in [2.75, 3.05) is 5.32 Å². The van der Waals surface area contributed by atoms with Gasteiger partial charge in [-0.15, -0.1) is 0 Å². The fourth-order valence-corrected chi connectivity index (χ4v) is 3.14. The number of ether oxygens (including phenoxy) is 1. The largest absolute Gasteiger partial charge is 0.457 e. The Morgan fingerprint density at radius 3 is 2.27 bits per heavy atom. The number of halogens is 1. The van der Waals surface area contributed by atoms with Crippen LogP contribution in [0.5, 0.6) is 11.5 Å². The highest BCUT2D eigenvalue weighted by Crippen LogP contribution is 2.34. The Labute approximate surface area is 155 Å². The maximum Gasteiger partial charge on any atom is 0.239 e. The van der Waals surface area contributed by atoms with E-state index in [1.165, 1.54) is 0 Å². The van der Waals surface area contributed by atoms with Crippen LogP contribution in [-0.4, -0.2) is 11.7 Å². The van der Waals surface area contributed by atoms with E-state index in [9.17, 15) is 9.59 Å². The minimum atomic E-state index is -0.880. The van der Waals surface area contributed by atoms with Gasteiger partial charge in [0.1, 0.15) is 17.4 Å². The highest BCUT2D eigenvalue weighted by atomic mass is 35.5. The quantitative estimate of drug-likeness (QED) is 0.662. The Morgan fingerprint density at radius 1 is 0.846 bits per heavy atom. The van der Waals surface area contributed by atoms with E-state index in [2.05, 4.69) is 5.32 Å². The molecule has 1 atom stereocenters. The predicted octanol–water partition coefficient (Wildman–Crippen LogP) is 5.05. The van der Waals surface area contributed by atoms with Crippen LogP contribution < -0.4 is 10.1 Å². The average Bonchev–Trinajstić information content (AvgIpc) is 2.63. The molecule has 1 unspecified atom stereocenters. The first kappa shape index (κ1) is 16.4. The molecular formula is C21H14ClNO3. The minimum absolute atomic E-state index is 0.239. The van der Waals surface area contributed by atoms with Crippen molar-refractivity contribution >= 4 is 29.0 Å². The number of carbonyl (C=O) groups is 2. The van der Waals surface area contributed by atoms with Crippen molar-refractivity contribution in [2.45, 2.75) is 5.92 Å². The number of fused-ring (bicyclic) bond motifs is 1. The van der Waals surface area contributed by atoms with Crippen molar-refractivity contribution in [3.63, 3.8) is 0 Å². The first-order chi connectivity index (χ1) is 12.6. The van der Waals surface area contributed by atoms with Gasteiger partial charge in [0.15, 0.2) is 5.78 Å². The lowest BCUT2D eigenvalue weighted by Gasteiger charge is -2.24. The van der Waals surface area contributed by atoms with Crippen LogP contribution in [0.3, 0.4) is 0 Å². The van der Waals surface area contributed by atoms with Gasteiger partial charge >= 0.3 is 0 Å². The Hall–Kier alpha value is -3.11. The number of ketones is 1. The summed E-state index contributed by atoms with van der Waals surface area (Å²) in [6.45, 7) is 0. The third-order valence-electron chi connectivity index (χ3n) is 4.22. The maximum absolute atomic E-state index is 12.8. The van der Waals surface area contributed by atoms with Crippen LogP contribution in [-0.2, 0) is 4.79 Å². The standard InChI is InChI=1S/C21H14ClNO3/c22-14-8-11-17-18(12-14)23-21(25)19(20(17)24)13-6-9-16(10-7-13)26-15-4-2-1-3-5-15/h1-12,19H,(H,23,25). The highest BCUT2D eigenvalue weighted by Gasteiger charge is 2.35. The molecule has 0 spiro atoms. The topological polar surface area (TPSA) is 55.4 Å². The molecule has 1 aliphatic heterocycles. The summed E-state index contributed by atoms with van der Waals surface area (Å²) < 4.78 is 5.74. The summed E-state index contributed by atoms with van der Waals surface area (Å²) in [5, 5.41) is 3.23. The van der Waals surface area contributed by atoms with E-state index in [4.69, 9.17) is 16.3 Å². The van der Waals surface area contributed by atoms with Crippen LogP contribution in [0.4, 0.5) is 5.69 Å². The summed E-state index contributed by atoms with van der Waals surface area (Å²) in [6, 6.07) is 21.2. The zero-order chi connectivity index (χ0) is 18.1. The van der Waals surface area contributed by atoms with E-state index in [1.807, 2.05) is 30.3 Å². The second-order valence-corrected chi connectivity index (χ2v) is 6.40. The molecule has 4 nitrogen and oxygen atoms in total. The minimum Gasteiger partial charge on any atom is -0.457 e. The van der Waals surface area contributed by atoms with Gasteiger partial charge in [-0.25, -0.2) is 0 Å². The molecule has 0 saturated carbocycles. The van der Waals surface area contributed by atoms with E-state index < -0.39 is 5.92 Å². The first-order valence-electron chi connectivity index (χ1n) is 8.09. The van der Waals surface area contributed by atoms with Crippen LogP contribution >= 0.6 is 11.6 Å². The smallest absolute Gasteiger partial charge is 0.239 e. The van der Waals surface area contributed by atoms with Crippen LogP contribution in [0.15, 0.2) is 72.8 Å². The number of hydrogen-bond acceptors (Lipinski definition) is 3. The monoisotopic (exact) mass is 363 g/mol. The molecule has 0 aliphatic carbocycles. The summed E-state index contributed by atoms with van der Waals surface area (Å²) in [5.41, 5.74) is 1.53. The fraction of sp³-hybridized carbons (Fsp3) is 0.0476. The molecule has 1 aliphatic rings. The maximum atomic E-state index is 12.8. The number of carbonyl (C=O) groups excluding carboxylic acids is 2. The number of rotatable bonds is 3. The average molecular weight is 364 g/mol. The second kappa shape index (κ2) is 6.65. The molecule has 0 bridgehead atoms. The molecule has 0 fully saturated rings. The van der Waals surface area contributed by atoms with Gasteiger partial charge < -0.3 is 10.1 Å². The van der Waals surface area contributed by atoms with Gasteiger partial charge in [-0.05, 0) is 48.0 Å². The highest BCUT2D eigenvalue weighted by molar-refractivity contribution is 6.32. The molecule has 0 aromatic heterocycles. The van der Waals surface area contributed by atoms with Crippen molar-refractivity contribution in [3.05, 3.63) is 88.9 Å². The number of nitrogens with one attached hydrogen (secondary N) is 1. The Balaban J connectivity index is 1.60. The van der Waals surface area contributed by atoms with E-state index in [-0.39, 0.29) is 11.7 Å². The van der Waals surface area contributed by atoms with Gasteiger partial charge in [0.25, 0.3) is 0 Å². The molecule has 3 aromatic rings. The van der Waals surface area contributed by atoms with Crippen molar-refractivity contribution < 1.29 is 14.3 Å². The molecule has 26 heavy (non-hydrogen) atoms. The summed E-state index contributed by atoms with van der Waals surface area (Å²) in [4.78, 5) is 25.2. The Kier molecular flexibility index (Phi) is 4.19. The molecule has 1 N–H and O–H groups in total. The van der Waals surface area contributed by atoms with E-state index in [1.54, 1.807) is 42.5 Å². The summed E-state index contributed by atoms with van der Waals surface area (Å²) >= 11 is 5.93. The van der Waals surface area contributed by atoms with Crippen LogP contribution in [0.1, 0.15) is 21.8 Å². The third-order valence-corrected chi connectivity index (χ3v) is 4.46. The molecule has 4 rings (SSSR count). The van der Waals surface area contributed by atoms with E-state index >= 15 is 0 Å². The molecule has 5 heteroatoms. The van der Waals surface area contributed by atoms with Crippen LogP contribution in [0.25, 0.3) is 0 Å². The van der Waals surface area contributed by atoms with Gasteiger partial charge in [-0.1, -0.05) is 41.9 Å². The van der Waals surface area contributed by atoms with Gasteiger partial charge in [-0.3, -0.25) is 9.59 Å². The lowest BCUT2D eigenvalue weighted by atomic mass is 9.86. The number of hydrogen-bond donors (Lipinski definition) is 1. The molecule has 3 aromatic carbocycles. The van der Waals surface area contributed by atoms with E-state index in [0.29, 0.717) is 27.6 Å². The van der Waals surface area contributed by atoms with Gasteiger partial charge in [0.05, 0.1) is 5.69 Å². The number of Topliss-reactive ketones (excluding diaryl/α,β-unsaturated/α-hetero) is 1. The molecular weight excluding hydrogens is 350 g/mol. The zero-order valence-corrected chi connectivity index (χ0v) is 14.4. The normalized spacial score (nSPS) is 16.0. The van der Waals surface area contributed by atoms with Gasteiger partial charge in [0.2, 0.25) is 5.91 Å². The predicted molar refractivity (Wildman–Crippen MR) is 100 cm³/mol. The lowest BCUT2D eigenvalue weighted by molar-refractivity contribution is -0.116. The third kappa shape index (κ3) is 3.07. The zero-order valence-electron chi connectivity index (χ0n) is 13.6. The molecule has 0 radical (unpaired) electrons. The second-order valence-electron chi connectivity index (χ2n) is 5.96. The molecule has 0 saturated heterocycles. The number of benzene rings is 3. The van der Waals surface area contributed by atoms with E-state index in [0.717, 1.165) is 5.75 Å². The SMILES string of the molecule is O=C1Nc2cc(Cl)ccc2C(=O)C1c1ccc(Oc2ccccc2)cc1. The summed E-state index contributed by atoms with van der Waals surface area (Å²) in [7, 11) is 0. The van der Waals surface area contributed by atoms with Crippen molar-refractivity contribution in [2.24, 2.45) is 0 Å². The van der Waals surface area contributed by atoms with Gasteiger partial charge in [0, 0.05) is 10.6 Å². The molecule has 1 amide bonds. The Bertz CT molecular complexity index is 984. The summed E-state index contributed by atoms with van der Waals surface area (Å²) in [5.74, 6) is -0.124. The first-order valence-corrected chi connectivity index (χ1v) is 8.47. The summed E-state index contributed by atoms with van der Waals surface area (Å²) in [6.07, 6.45) is 0. The van der Waals surface area contributed by atoms with Crippen molar-refractivity contribution in [3.8, 4) is 11.5 Å².